The summed E-state index contributed by atoms with van der Waals surface area (Å²) in [7, 11) is -2.21. The van der Waals surface area contributed by atoms with E-state index in [4.69, 9.17) is 4.99 Å². The Morgan fingerprint density at radius 2 is 1.70 bits per heavy atom. The predicted octanol–water partition coefficient (Wildman–Crippen LogP) is 1.17. The van der Waals surface area contributed by atoms with Crippen LogP contribution in [0, 0.1) is 0 Å². The maximum absolute atomic E-state index is 10.0. The number of benzene rings is 3. The van der Waals surface area contributed by atoms with E-state index in [-0.39, 0.29) is 0 Å². The van der Waals surface area contributed by atoms with E-state index in [2.05, 4.69) is 49.5 Å². The van der Waals surface area contributed by atoms with Crippen LogP contribution in [0.2, 0.25) is 6.55 Å². The molecule has 4 rings (SSSR count). The molecule has 0 amide bonds. The van der Waals surface area contributed by atoms with Gasteiger partial charge in [-0.25, -0.2) is 4.99 Å². The third kappa shape index (κ3) is 2.05. The summed E-state index contributed by atoms with van der Waals surface area (Å²) in [6.07, 6.45) is 0. The topological polar surface area (TPSA) is 32.6 Å². The number of rotatable bonds is 1. The summed E-state index contributed by atoms with van der Waals surface area (Å²) >= 11 is 0. The number of hydrogen-bond acceptors (Lipinski definition) is 2. The van der Waals surface area contributed by atoms with Gasteiger partial charge in [0.25, 0.3) is 0 Å². The fourth-order valence-corrected chi connectivity index (χ4v) is 7.45. The highest BCUT2D eigenvalue weighted by atomic mass is 28.3. The van der Waals surface area contributed by atoms with E-state index in [9.17, 15) is 5.11 Å². The van der Waals surface area contributed by atoms with E-state index < -0.39 is 8.07 Å². The standard InChI is InChI=1S/C20H17NOSi/c1-14-8-10-17-19(12-14)23(2,16-6-4-3-5-7-16)20-13-15(22)9-11-18(20)21-17/h3-13,22H,1H2,2H3. The summed E-state index contributed by atoms with van der Waals surface area (Å²) in [6.45, 7) is 6.42. The van der Waals surface area contributed by atoms with Crippen LogP contribution in [0.15, 0.2) is 71.7 Å². The Bertz CT molecular complexity index is 1010. The van der Waals surface area contributed by atoms with Gasteiger partial charge in [-0.15, -0.1) is 0 Å². The number of phenolic OH excluding ortho intramolecular Hbond substituents is 1. The molecule has 112 valence electrons. The minimum atomic E-state index is -2.21. The van der Waals surface area contributed by atoms with Crippen molar-refractivity contribution in [2.75, 3.05) is 0 Å². The molecule has 1 aliphatic heterocycles. The van der Waals surface area contributed by atoms with E-state index in [1.54, 1.807) is 6.07 Å². The Labute approximate surface area is 136 Å². The minimum Gasteiger partial charge on any atom is -0.508 e. The molecule has 0 radical (unpaired) electrons. The molecule has 1 aliphatic rings. The van der Waals surface area contributed by atoms with E-state index in [0.717, 1.165) is 21.4 Å². The third-order valence-corrected chi connectivity index (χ3v) is 9.15. The molecule has 1 atom stereocenters. The number of nitrogens with zero attached hydrogens (tertiary/aromatic N) is 1. The molecule has 2 nitrogen and oxygen atoms in total. The minimum absolute atomic E-state index is 0.294. The Morgan fingerprint density at radius 3 is 2.48 bits per heavy atom. The third-order valence-electron chi connectivity index (χ3n) is 4.71. The zero-order valence-corrected chi connectivity index (χ0v) is 14.0. The molecule has 0 bridgehead atoms. The van der Waals surface area contributed by atoms with Crippen molar-refractivity contribution >= 4 is 35.9 Å². The molecule has 23 heavy (non-hydrogen) atoms. The lowest BCUT2D eigenvalue weighted by molar-refractivity contribution is 0.476. The van der Waals surface area contributed by atoms with Crippen LogP contribution in [0.25, 0.3) is 6.58 Å². The predicted molar refractivity (Wildman–Crippen MR) is 97.5 cm³/mol. The summed E-state index contributed by atoms with van der Waals surface area (Å²) in [5, 5.41) is 15.8. The molecular weight excluding hydrogens is 298 g/mol. The zero-order valence-electron chi connectivity index (χ0n) is 13.0. The summed E-state index contributed by atoms with van der Waals surface area (Å²) in [5.41, 5.74) is 0.963. The van der Waals surface area contributed by atoms with Gasteiger partial charge < -0.3 is 5.11 Å². The highest BCUT2D eigenvalue weighted by Gasteiger charge is 2.39. The number of fused-ring (bicyclic) bond motifs is 2. The zero-order chi connectivity index (χ0) is 16.0. The number of phenols is 1. The average molecular weight is 315 g/mol. The number of aromatic hydroxyl groups is 1. The van der Waals surface area contributed by atoms with Crippen LogP contribution in [-0.2, 0) is 0 Å². The van der Waals surface area contributed by atoms with Crippen LogP contribution in [0.1, 0.15) is 0 Å². The Hall–Kier alpha value is -2.65. The summed E-state index contributed by atoms with van der Waals surface area (Å²) in [6, 6.07) is 22.3. The molecule has 1 heterocycles. The van der Waals surface area contributed by atoms with Gasteiger partial charge in [0.2, 0.25) is 0 Å². The molecular formula is C20H17NOSi. The quantitative estimate of drug-likeness (QED) is 0.672. The first-order chi connectivity index (χ1) is 11.1. The fraction of sp³-hybridized carbons (Fsp3) is 0.0500. The van der Waals surface area contributed by atoms with Gasteiger partial charge in [-0.3, -0.25) is 0 Å². The smallest absolute Gasteiger partial charge is 0.151 e. The number of hydrogen-bond donors (Lipinski definition) is 1. The van der Waals surface area contributed by atoms with Gasteiger partial charge in [0, 0.05) is 0 Å². The summed E-state index contributed by atoms with van der Waals surface area (Å²) in [5.74, 6) is 0.294. The molecule has 3 aromatic rings. The van der Waals surface area contributed by atoms with E-state index in [0.29, 0.717) is 5.75 Å². The van der Waals surface area contributed by atoms with Crippen molar-refractivity contribution in [2.24, 2.45) is 4.99 Å². The van der Waals surface area contributed by atoms with Crippen molar-refractivity contribution in [3.63, 3.8) is 0 Å². The van der Waals surface area contributed by atoms with Crippen molar-refractivity contribution in [1.82, 2.24) is 0 Å². The second-order valence-electron chi connectivity index (χ2n) is 6.16. The van der Waals surface area contributed by atoms with Crippen LogP contribution < -0.4 is 26.1 Å². The Kier molecular flexibility index (Phi) is 2.99. The van der Waals surface area contributed by atoms with E-state index in [1.165, 1.54) is 10.4 Å². The first-order valence-corrected chi connectivity index (χ1v) is 10.2. The van der Waals surface area contributed by atoms with Gasteiger partial charge in [-0.2, -0.15) is 0 Å². The molecule has 0 spiro atoms. The van der Waals surface area contributed by atoms with Gasteiger partial charge >= 0.3 is 0 Å². The van der Waals surface area contributed by atoms with Crippen molar-refractivity contribution in [2.45, 2.75) is 6.55 Å². The van der Waals surface area contributed by atoms with Crippen molar-refractivity contribution in [3.05, 3.63) is 77.3 Å². The molecule has 0 saturated carbocycles. The Balaban J connectivity index is 2.17. The normalized spacial score (nSPS) is 18.7. The highest BCUT2D eigenvalue weighted by Crippen LogP contribution is 2.21. The second kappa shape index (κ2) is 4.93. The van der Waals surface area contributed by atoms with Crippen LogP contribution in [-0.4, -0.2) is 13.2 Å². The largest absolute Gasteiger partial charge is 0.508 e. The van der Waals surface area contributed by atoms with Crippen LogP contribution in [0.3, 0.4) is 0 Å². The Morgan fingerprint density at radius 1 is 0.913 bits per heavy atom. The fourth-order valence-electron chi connectivity index (χ4n) is 3.46. The van der Waals surface area contributed by atoms with Crippen molar-refractivity contribution in [1.29, 1.82) is 0 Å². The monoisotopic (exact) mass is 315 g/mol. The van der Waals surface area contributed by atoms with Gasteiger partial charge in [0.15, 0.2) is 8.07 Å². The SMILES string of the molecule is C=c1ccc2c(c1)[Si](C)(c1ccccc1)c1cc(O)ccc1N=2. The molecule has 1 unspecified atom stereocenters. The molecule has 3 aromatic carbocycles. The van der Waals surface area contributed by atoms with Gasteiger partial charge in [-0.05, 0) is 45.0 Å². The van der Waals surface area contributed by atoms with Gasteiger partial charge in [0.1, 0.15) is 5.75 Å². The van der Waals surface area contributed by atoms with E-state index in [1.807, 2.05) is 24.3 Å². The molecule has 3 heteroatoms. The molecule has 0 aliphatic carbocycles. The molecule has 0 aromatic heterocycles. The van der Waals surface area contributed by atoms with Crippen molar-refractivity contribution in [3.8, 4) is 5.75 Å². The van der Waals surface area contributed by atoms with Crippen LogP contribution >= 0.6 is 0 Å². The maximum Gasteiger partial charge on any atom is 0.151 e. The van der Waals surface area contributed by atoms with E-state index >= 15 is 0 Å². The second-order valence-corrected chi connectivity index (χ2v) is 10.1. The van der Waals surface area contributed by atoms with Crippen LogP contribution in [0.4, 0.5) is 5.69 Å². The molecule has 0 fully saturated rings. The van der Waals surface area contributed by atoms with Crippen LogP contribution in [0.5, 0.6) is 5.75 Å². The first kappa shape index (κ1) is 14.0. The summed E-state index contributed by atoms with van der Waals surface area (Å²) in [4.78, 5) is 4.81. The van der Waals surface area contributed by atoms with Crippen molar-refractivity contribution < 1.29 is 5.11 Å². The highest BCUT2D eigenvalue weighted by molar-refractivity contribution is 7.11. The lowest BCUT2D eigenvalue weighted by Gasteiger charge is -2.33. The average Bonchev–Trinajstić information content (AvgIpc) is 2.57. The lowest BCUT2D eigenvalue weighted by atomic mass is 10.2. The van der Waals surface area contributed by atoms with Gasteiger partial charge in [-0.1, -0.05) is 55.6 Å². The molecule has 1 N–H and O–H groups in total. The summed E-state index contributed by atoms with van der Waals surface area (Å²) < 4.78 is 0. The lowest BCUT2D eigenvalue weighted by Crippen LogP contribution is -2.70. The maximum atomic E-state index is 10.0. The molecule has 0 saturated heterocycles. The first-order valence-electron chi connectivity index (χ1n) is 7.66. The van der Waals surface area contributed by atoms with Gasteiger partial charge in [0.05, 0.1) is 11.0 Å².